The fourth-order valence-corrected chi connectivity index (χ4v) is 5.54. The third-order valence-electron chi connectivity index (χ3n) is 7.70. The Morgan fingerprint density at radius 3 is 2.27 bits per heavy atom. The van der Waals surface area contributed by atoms with Gasteiger partial charge in [-0.25, -0.2) is 0 Å². The summed E-state index contributed by atoms with van der Waals surface area (Å²) < 4.78 is 0. The number of pyridine rings is 1. The number of unbranched alkanes of at least 4 members (excludes halogenated alkanes) is 1. The van der Waals surface area contributed by atoms with Crippen LogP contribution in [0.5, 0.6) is 0 Å². The number of aromatic nitrogens is 1. The van der Waals surface area contributed by atoms with Crippen molar-refractivity contribution in [3.8, 4) is 0 Å². The number of ketones is 3. The highest BCUT2D eigenvalue weighted by atomic mass is 16.1. The lowest BCUT2D eigenvalue weighted by molar-refractivity contribution is 0.0939. The van der Waals surface area contributed by atoms with E-state index in [4.69, 9.17) is 10.7 Å². The number of hydrogen-bond acceptors (Lipinski definition) is 8. The molecule has 1 aliphatic heterocycles. The van der Waals surface area contributed by atoms with Gasteiger partial charge in [-0.05, 0) is 51.0 Å². The van der Waals surface area contributed by atoms with E-state index in [1.165, 1.54) is 0 Å². The largest absolute Gasteiger partial charge is 0.321 e. The first-order chi connectivity index (χ1) is 19.5. The monoisotopic (exact) mass is 539 g/mol. The minimum absolute atomic E-state index is 0.185. The molecule has 0 radical (unpaired) electrons. The van der Waals surface area contributed by atoms with Gasteiger partial charge in [-0.3, -0.25) is 19.4 Å². The lowest BCUT2D eigenvalue weighted by atomic mass is 9.80. The molecule has 0 spiro atoms. The zero-order valence-electron chi connectivity index (χ0n) is 22.8. The van der Waals surface area contributed by atoms with Gasteiger partial charge >= 0.3 is 0 Å². The Morgan fingerprint density at radius 2 is 1.50 bits per heavy atom. The van der Waals surface area contributed by atoms with Gasteiger partial charge in [-0.1, -0.05) is 55.0 Å². The van der Waals surface area contributed by atoms with Crippen LogP contribution in [-0.4, -0.2) is 66.0 Å². The Kier molecular flexibility index (Phi) is 9.23. The number of Topliss-reactive ketones (excluding diaryl/α,β-unsaturated/α-hetero) is 1. The summed E-state index contributed by atoms with van der Waals surface area (Å²) in [6.45, 7) is 6.21. The minimum atomic E-state index is -0.727. The maximum absolute atomic E-state index is 13.4. The summed E-state index contributed by atoms with van der Waals surface area (Å²) in [6, 6.07) is 17.1. The molecule has 2 aromatic carbocycles. The van der Waals surface area contributed by atoms with Crippen molar-refractivity contribution >= 4 is 17.3 Å². The minimum Gasteiger partial charge on any atom is -0.321 e. The van der Waals surface area contributed by atoms with E-state index in [2.05, 4.69) is 33.7 Å². The Labute approximate surface area is 235 Å². The number of carbonyl (C=O) groups is 3. The van der Waals surface area contributed by atoms with Crippen LogP contribution >= 0.6 is 0 Å². The normalized spacial score (nSPS) is 17.1. The topological polar surface area (TPSA) is 117 Å². The fourth-order valence-electron chi connectivity index (χ4n) is 5.54. The molecule has 1 unspecified atom stereocenters. The first-order valence-electron chi connectivity index (χ1n) is 14.2. The average Bonchev–Trinajstić information content (AvgIpc) is 2.99. The van der Waals surface area contributed by atoms with Gasteiger partial charge in [0.15, 0.2) is 17.3 Å². The molecule has 0 saturated carbocycles. The van der Waals surface area contributed by atoms with Gasteiger partial charge in [0.1, 0.15) is 0 Å². The molecule has 4 N–H and O–H groups in total. The molecule has 0 amide bonds. The van der Waals surface area contributed by atoms with Crippen molar-refractivity contribution in [1.82, 2.24) is 20.5 Å². The molecular formula is C32H37N5O3. The Bertz CT molecular complexity index is 1390. The molecule has 208 valence electrons. The summed E-state index contributed by atoms with van der Waals surface area (Å²) in [5.74, 6) is -0.810. The molecule has 8 nitrogen and oxygen atoms in total. The van der Waals surface area contributed by atoms with Crippen LogP contribution in [-0.2, 0) is 13.1 Å². The smallest absolute Gasteiger partial charge is 0.195 e. The van der Waals surface area contributed by atoms with Gasteiger partial charge in [0.05, 0.1) is 17.4 Å². The highest BCUT2D eigenvalue weighted by molar-refractivity contribution is 6.31. The van der Waals surface area contributed by atoms with Gasteiger partial charge < -0.3 is 21.3 Å². The highest BCUT2D eigenvalue weighted by Crippen LogP contribution is 2.30. The molecule has 8 heteroatoms. The van der Waals surface area contributed by atoms with E-state index < -0.39 is 6.04 Å². The van der Waals surface area contributed by atoms with Crippen LogP contribution in [0, 0.1) is 0 Å². The molecule has 2 heterocycles. The number of fused-ring (bicyclic) bond motifs is 4. The Balaban J connectivity index is 1.14. The van der Waals surface area contributed by atoms with E-state index in [1.807, 2.05) is 0 Å². The molecular weight excluding hydrogens is 502 g/mol. The second kappa shape index (κ2) is 13.2. The number of nitrogens with one attached hydrogen (secondary N) is 2. The Morgan fingerprint density at radius 1 is 0.825 bits per heavy atom. The van der Waals surface area contributed by atoms with E-state index in [9.17, 15) is 14.4 Å². The number of nitrogens with zero attached hydrogens (tertiary/aromatic N) is 2. The summed E-state index contributed by atoms with van der Waals surface area (Å²) in [7, 11) is 0. The Hall–Kier alpha value is -3.56. The predicted octanol–water partition coefficient (Wildman–Crippen LogP) is 3.12. The third-order valence-corrected chi connectivity index (χ3v) is 7.70. The second-order valence-electron chi connectivity index (χ2n) is 10.6. The number of carbonyl (C=O) groups excluding carboxylic acids is 3. The second-order valence-corrected chi connectivity index (χ2v) is 10.6. The van der Waals surface area contributed by atoms with Gasteiger partial charge in [-0.15, -0.1) is 0 Å². The summed E-state index contributed by atoms with van der Waals surface area (Å²) >= 11 is 0. The first kappa shape index (κ1) is 28.0. The predicted molar refractivity (Wildman–Crippen MR) is 155 cm³/mol. The summed E-state index contributed by atoms with van der Waals surface area (Å²) in [6.07, 6.45) is 3.30. The number of hydrogen-bond donors (Lipinski definition) is 3. The molecule has 40 heavy (non-hydrogen) atoms. The lowest BCUT2D eigenvalue weighted by Gasteiger charge is -2.23. The molecule has 0 fully saturated rings. The van der Waals surface area contributed by atoms with E-state index >= 15 is 0 Å². The van der Waals surface area contributed by atoms with E-state index in [-0.39, 0.29) is 34.0 Å². The SMILES string of the molecule is NC(CCCCN1CCCNCc2cccc(n2)CNCC1)C(=O)c1cccc2c1C(=O)c1ccccc1C2=O. The van der Waals surface area contributed by atoms with Crippen LogP contribution in [0.1, 0.15) is 79.3 Å². The van der Waals surface area contributed by atoms with Gasteiger partial charge in [0.25, 0.3) is 0 Å². The van der Waals surface area contributed by atoms with Crippen molar-refractivity contribution in [1.29, 1.82) is 0 Å². The maximum Gasteiger partial charge on any atom is 0.195 e. The van der Waals surface area contributed by atoms with Crippen LogP contribution in [0.25, 0.3) is 0 Å². The average molecular weight is 540 g/mol. The van der Waals surface area contributed by atoms with E-state index in [1.54, 1.807) is 42.5 Å². The first-order valence-corrected chi connectivity index (χ1v) is 14.2. The van der Waals surface area contributed by atoms with E-state index in [0.29, 0.717) is 17.5 Å². The zero-order chi connectivity index (χ0) is 27.9. The van der Waals surface area contributed by atoms with Crippen molar-refractivity contribution in [2.24, 2.45) is 5.73 Å². The number of rotatable bonds is 7. The summed E-state index contributed by atoms with van der Waals surface area (Å²) in [5.41, 5.74) is 9.90. The van der Waals surface area contributed by atoms with Crippen molar-refractivity contribution in [3.05, 3.63) is 99.9 Å². The van der Waals surface area contributed by atoms with Crippen LogP contribution < -0.4 is 16.4 Å². The maximum atomic E-state index is 13.4. The van der Waals surface area contributed by atoms with Crippen molar-refractivity contribution in [2.75, 3.05) is 32.7 Å². The van der Waals surface area contributed by atoms with Crippen molar-refractivity contribution in [2.45, 2.75) is 44.8 Å². The molecule has 1 atom stereocenters. The third kappa shape index (κ3) is 6.42. The molecule has 1 aromatic heterocycles. The molecule has 5 rings (SSSR count). The van der Waals surface area contributed by atoms with E-state index in [0.717, 1.165) is 76.5 Å². The fraction of sp³-hybridized carbons (Fsp3) is 0.375. The molecule has 1 aliphatic carbocycles. The standard InChI is InChI=1S/C32H37N5O3/c33-28(31(39)27-13-6-12-26-29(27)32(40)25-11-2-1-10-24(25)30(26)38)14-3-4-17-37-18-7-15-34-20-22-8-5-9-23(36-22)21-35-16-19-37/h1-2,5-6,8-13,28,34-35H,3-4,7,14-21,33H2. The number of nitrogens with two attached hydrogens (primary N) is 1. The van der Waals surface area contributed by atoms with Crippen LogP contribution in [0.3, 0.4) is 0 Å². The molecule has 0 saturated heterocycles. The van der Waals surface area contributed by atoms with Crippen LogP contribution in [0.4, 0.5) is 0 Å². The molecule has 2 bridgehead atoms. The highest BCUT2D eigenvalue weighted by Gasteiger charge is 2.33. The van der Waals surface area contributed by atoms with Crippen LogP contribution in [0.15, 0.2) is 60.7 Å². The summed E-state index contributed by atoms with van der Waals surface area (Å²) in [5, 5.41) is 6.99. The molecule has 2 aliphatic rings. The summed E-state index contributed by atoms with van der Waals surface area (Å²) in [4.78, 5) is 46.8. The van der Waals surface area contributed by atoms with Crippen molar-refractivity contribution < 1.29 is 14.4 Å². The van der Waals surface area contributed by atoms with Crippen LogP contribution in [0.2, 0.25) is 0 Å². The van der Waals surface area contributed by atoms with Crippen molar-refractivity contribution in [3.63, 3.8) is 0 Å². The quantitative estimate of drug-likeness (QED) is 0.242. The number of benzene rings is 2. The van der Waals surface area contributed by atoms with Gasteiger partial charge in [0.2, 0.25) is 0 Å². The lowest BCUT2D eigenvalue weighted by Crippen LogP contribution is -2.35. The van der Waals surface area contributed by atoms with Gasteiger partial charge in [-0.2, -0.15) is 0 Å². The zero-order valence-corrected chi connectivity index (χ0v) is 22.8. The van der Waals surface area contributed by atoms with Gasteiger partial charge in [0, 0.05) is 54.0 Å². The molecule has 3 aromatic rings.